The first kappa shape index (κ1) is 20.9. The molecule has 0 heterocycles. The minimum atomic E-state index is -0.788. The first-order valence-corrected chi connectivity index (χ1v) is 9.18. The number of carbonyl (C=O) groups excluding carboxylic acids is 2. The summed E-state index contributed by atoms with van der Waals surface area (Å²) in [7, 11) is 1.67. The molecule has 6 nitrogen and oxygen atoms in total. The maximum Gasteiger partial charge on any atom is 0.408 e. The van der Waals surface area contributed by atoms with Crippen molar-refractivity contribution >= 4 is 27.9 Å². The Morgan fingerprint density at radius 2 is 1.91 bits per heavy atom. The Balaban J connectivity index is 4.63. The van der Waals surface area contributed by atoms with Crippen molar-refractivity contribution in [2.75, 3.05) is 25.7 Å². The summed E-state index contributed by atoms with van der Waals surface area (Å²) in [5, 5.41) is 7.51. The van der Waals surface area contributed by atoms with E-state index in [1.165, 1.54) is 7.11 Å². The van der Waals surface area contributed by atoms with Gasteiger partial charge in [-0.1, -0.05) is 5.37 Å². The third-order valence-electron chi connectivity index (χ3n) is 2.92. The van der Waals surface area contributed by atoms with Crippen molar-refractivity contribution in [3.8, 4) is 0 Å². The van der Waals surface area contributed by atoms with E-state index in [1.807, 2.05) is 6.92 Å². The lowest BCUT2D eigenvalue weighted by atomic mass is 10.1. The van der Waals surface area contributed by atoms with Gasteiger partial charge in [0.15, 0.2) is 0 Å². The van der Waals surface area contributed by atoms with Crippen LogP contribution < -0.4 is 10.6 Å². The molecule has 0 saturated heterocycles. The minimum absolute atomic E-state index is 0.174. The van der Waals surface area contributed by atoms with Crippen LogP contribution in [-0.4, -0.2) is 60.8 Å². The van der Waals surface area contributed by atoms with E-state index in [9.17, 15) is 9.59 Å². The van der Waals surface area contributed by atoms with Crippen LogP contribution in [0.15, 0.2) is 0 Å². The summed E-state index contributed by atoms with van der Waals surface area (Å²) in [6, 6.07) is -0.788. The van der Waals surface area contributed by atoms with Crippen molar-refractivity contribution in [1.82, 2.24) is 10.6 Å². The van der Waals surface area contributed by atoms with E-state index < -0.39 is 23.8 Å². The second-order valence-electron chi connectivity index (χ2n) is 5.99. The average molecular weight is 334 g/mol. The van der Waals surface area contributed by atoms with Crippen molar-refractivity contribution in [2.45, 2.75) is 52.4 Å². The topological polar surface area (TPSA) is 76.7 Å². The van der Waals surface area contributed by atoms with Gasteiger partial charge in [0.2, 0.25) is 5.91 Å². The lowest BCUT2D eigenvalue weighted by molar-refractivity contribution is -0.126. The Hall–Kier alpha value is -1.08. The minimum Gasteiger partial charge on any atom is -0.444 e. The van der Waals surface area contributed by atoms with Gasteiger partial charge in [-0.05, 0) is 40.9 Å². The third-order valence-corrected chi connectivity index (χ3v) is 4.57. The molecule has 1 unspecified atom stereocenters. The number of ether oxygens (including phenoxy) is 2. The lowest BCUT2D eigenvalue weighted by Gasteiger charge is -2.26. The molecule has 22 heavy (non-hydrogen) atoms. The zero-order valence-corrected chi connectivity index (χ0v) is 15.5. The molecule has 3 atom stereocenters. The molecule has 0 aliphatic carbocycles. The second-order valence-corrected chi connectivity index (χ2v) is 8.25. The Morgan fingerprint density at radius 3 is 2.36 bits per heavy atom. The molecule has 0 saturated carbocycles. The van der Waals surface area contributed by atoms with Crippen LogP contribution in [0.2, 0.25) is 0 Å². The molecule has 0 rings (SSSR count). The number of nitrogens with one attached hydrogen (secondary N) is 2. The molecule has 0 radical (unpaired) electrons. The fraction of sp³-hybridized carbons (Fsp3) is 0.800. The summed E-state index contributed by atoms with van der Waals surface area (Å²) in [4.78, 5) is 24.1. The predicted molar refractivity (Wildman–Crippen MR) is 92.8 cm³/mol. The van der Waals surface area contributed by atoms with E-state index >= 15 is 0 Å². The highest BCUT2D eigenvalue weighted by atomic mass is 32.2. The van der Waals surface area contributed by atoms with Crippen LogP contribution in [0, 0.1) is 0 Å². The average Bonchev–Trinajstić information content (AvgIpc) is 2.41. The molecule has 0 aliphatic heterocycles. The largest absolute Gasteiger partial charge is 0.444 e. The summed E-state index contributed by atoms with van der Waals surface area (Å²) in [6.45, 7) is 9.60. The number of hydrogen-bond donors (Lipinski definition) is 2. The molecular formula is C15H30N2O4S. The monoisotopic (exact) mass is 334 g/mol. The number of carbonyl (C=O) groups is 2. The molecule has 7 heteroatoms. The summed E-state index contributed by atoms with van der Waals surface area (Å²) < 4.78 is 10.4. The van der Waals surface area contributed by atoms with E-state index in [4.69, 9.17) is 9.47 Å². The van der Waals surface area contributed by atoms with E-state index in [0.29, 0.717) is 6.54 Å². The summed E-state index contributed by atoms with van der Waals surface area (Å²) in [6.07, 6.45) is 1.03. The van der Waals surface area contributed by atoms with E-state index in [0.717, 1.165) is 5.75 Å². The Kier molecular flexibility index (Phi) is 9.36. The van der Waals surface area contributed by atoms with Crippen molar-refractivity contribution in [3.63, 3.8) is 0 Å². The second kappa shape index (κ2) is 9.84. The summed E-state index contributed by atoms with van der Waals surface area (Å²) >= 11 is 0. The van der Waals surface area contributed by atoms with Gasteiger partial charge in [0.25, 0.3) is 0 Å². The van der Waals surface area contributed by atoms with E-state index in [1.54, 1.807) is 27.7 Å². The fourth-order valence-corrected chi connectivity index (χ4v) is 2.19. The highest BCUT2D eigenvalue weighted by Gasteiger charge is 2.28. The fourth-order valence-electron chi connectivity index (χ4n) is 1.53. The lowest BCUT2D eigenvalue weighted by Crippen LogP contribution is -2.54. The highest BCUT2D eigenvalue weighted by Crippen LogP contribution is 2.08. The molecule has 0 aromatic rings. The van der Waals surface area contributed by atoms with Gasteiger partial charge in [-0.2, -0.15) is 10.5 Å². The van der Waals surface area contributed by atoms with E-state index in [2.05, 4.69) is 22.3 Å². The van der Waals surface area contributed by atoms with Gasteiger partial charge in [0, 0.05) is 19.4 Å². The van der Waals surface area contributed by atoms with Crippen LogP contribution in [0.3, 0.4) is 0 Å². The van der Waals surface area contributed by atoms with Crippen molar-refractivity contribution in [3.05, 3.63) is 0 Å². The first-order valence-electron chi connectivity index (χ1n) is 7.31. The smallest absolute Gasteiger partial charge is 0.408 e. The standard InChI is InChI=1S/C15H30N2O4S/c1-8-22(7)10-9-16-13(18)12(11(2)20-6)17-14(19)21-15(3,4)5/h8,11-12H,9-10H2,1-7H3,(H,16,18)(H,17,19)/t11-,12+,22?/m1/s1. The van der Waals surface area contributed by atoms with Gasteiger partial charge in [-0.15, -0.1) is 0 Å². The highest BCUT2D eigenvalue weighted by molar-refractivity contribution is 8.14. The number of rotatable bonds is 7. The molecule has 2 N–H and O–H groups in total. The van der Waals surface area contributed by atoms with Gasteiger partial charge in [0.05, 0.1) is 6.10 Å². The van der Waals surface area contributed by atoms with Gasteiger partial charge >= 0.3 is 6.09 Å². The molecule has 0 aromatic carbocycles. The molecule has 0 fully saturated rings. The molecule has 0 aromatic heterocycles. The van der Waals surface area contributed by atoms with Crippen LogP contribution in [0.5, 0.6) is 0 Å². The molecule has 0 bridgehead atoms. The normalized spacial score (nSPS) is 15.8. The Bertz CT molecular complexity index is 405. The molecular weight excluding hydrogens is 304 g/mol. The summed E-state index contributed by atoms with van der Waals surface area (Å²) in [5.41, 5.74) is -0.616. The van der Waals surface area contributed by atoms with Crippen molar-refractivity contribution in [1.29, 1.82) is 0 Å². The van der Waals surface area contributed by atoms with Gasteiger partial charge in [-0.3, -0.25) is 4.79 Å². The zero-order valence-electron chi connectivity index (χ0n) is 14.7. The van der Waals surface area contributed by atoms with Gasteiger partial charge in [-0.25, -0.2) is 4.79 Å². The SMILES string of the molecule is C/C=S(\C)CCNC(=O)[C@@H](NC(=O)OC(C)(C)C)[C@@H](C)OC. The molecule has 2 amide bonds. The number of methoxy groups -OCH3 is 1. The van der Waals surface area contributed by atoms with E-state index in [-0.39, 0.29) is 16.4 Å². The van der Waals surface area contributed by atoms with Crippen LogP contribution in [-0.2, 0) is 14.3 Å². The number of alkyl carbamates (subject to hydrolysis) is 1. The molecule has 0 aliphatic rings. The number of amides is 2. The van der Waals surface area contributed by atoms with Crippen LogP contribution in [0.4, 0.5) is 4.79 Å². The van der Waals surface area contributed by atoms with Crippen molar-refractivity contribution in [2.24, 2.45) is 0 Å². The Labute approximate surface area is 136 Å². The zero-order chi connectivity index (χ0) is 17.3. The molecule has 130 valence electrons. The number of hydrogen-bond acceptors (Lipinski definition) is 4. The van der Waals surface area contributed by atoms with Crippen LogP contribution in [0.25, 0.3) is 0 Å². The maximum absolute atomic E-state index is 12.2. The first-order chi connectivity index (χ1) is 10.1. The summed E-state index contributed by atoms with van der Waals surface area (Å²) in [5.74, 6) is 0.608. The predicted octanol–water partition coefficient (Wildman–Crippen LogP) is 1.75. The maximum atomic E-state index is 12.2. The van der Waals surface area contributed by atoms with Crippen LogP contribution in [0.1, 0.15) is 34.6 Å². The van der Waals surface area contributed by atoms with Crippen molar-refractivity contribution < 1.29 is 19.1 Å². The molecule has 0 spiro atoms. The Morgan fingerprint density at radius 1 is 1.32 bits per heavy atom. The third kappa shape index (κ3) is 9.04. The quantitative estimate of drug-likeness (QED) is 0.696. The van der Waals surface area contributed by atoms with Gasteiger partial charge in [0.1, 0.15) is 11.6 Å². The van der Waals surface area contributed by atoms with Crippen LogP contribution >= 0.6 is 10.5 Å². The van der Waals surface area contributed by atoms with Gasteiger partial charge < -0.3 is 20.1 Å².